The van der Waals surface area contributed by atoms with Crippen LogP contribution in [0.3, 0.4) is 0 Å². The summed E-state index contributed by atoms with van der Waals surface area (Å²) in [5.74, 6) is 0.749. The average Bonchev–Trinajstić information content (AvgIpc) is 2.75. The second kappa shape index (κ2) is 3.68. The highest BCUT2D eigenvalue weighted by molar-refractivity contribution is 6.31. The number of benzene rings is 1. The molecule has 16 heavy (non-hydrogen) atoms. The van der Waals surface area contributed by atoms with E-state index in [9.17, 15) is 0 Å². The molecular weight excluding hydrogens is 222 g/mol. The Labute approximate surface area is 97.9 Å². The van der Waals surface area contributed by atoms with Gasteiger partial charge in [0.1, 0.15) is 11.5 Å². The molecule has 0 saturated carbocycles. The third kappa shape index (κ3) is 1.41. The van der Waals surface area contributed by atoms with Crippen LogP contribution in [0, 0.1) is 0 Å². The number of hydrogen-bond acceptors (Lipinski definition) is 3. The lowest BCUT2D eigenvalue weighted by Gasteiger charge is -2.09. The van der Waals surface area contributed by atoms with Crippen molar-refractivity contribution in [3.8, 4) is 0 Å². The molecule has 0 N–H and O–H groups in total. The Kier molecular flexibility index (Phi) is 2.18. The standard InChI is InChI=1S/C12H8ClN3/c13-11-10-9(8-4-2-1-3-5-8)6-14-12(10)16-7-15-11/h1-7,9H. The number of nitrogens with zero attached hydrogens (tertiary/aromatic N) is 3. The van der Waals surface area contributed by atoms with Crippen molar-refractivity contribution in [3.05, 3.63) is 52.9 Å². The summed E-state index contributed by atoms with van der Waals surface area (Å²) in [5, 5.41) is 0.483. The highest BCUT2D eigenvalue weighted by atomic mass is 35.5. The summed E-state index contributed by atoms with van der Waals surface area (Å²) in [6, 6.07) is 10.1. The first-order valence-corrected chi connectivity index (χ1v) is 5.33. The van der Waals surface area contributed by atoms with Crippen LogP contribution in [-0.2, 0) is 0 Å². The van der Waals surface area contributed by atoms with E-state index in [0.29, 0.717) is 11.0 Å². The van der Waals surface area contributed by atoms with E-state index in [-0.39, 0.29) is 5.92 Å². The first-order chi connectivity index (χ1) is 7.86. The van der Waals surface area contributed by atoms with E-state index in [0.717, 1.165) is 11.1 Å². The van der Waals surface area contributed by atoms with Gasteiger partial charge in [0, 0.05) is 11.8 Å². The van der Waals surface area contributed by atoms with Gasteiger partial charge in [-0.15, -0.1) is 0 Å². The van der Waals surface area contributed by atoms with Crippen LogP contribution in [0.1, 0.15) is 17.0 Å². The van der Waals surface area contributed by atoms with Gasteiger partial charge >= 0.3 is 0 Å². The monoisotopic (exact) mass is 229 g/mol. The average molecular weight is 230 g/mol. The van der Waals surface area contributed by atoms with E-state index >= 15 is 0 Å². The molecule has 2 aromatic rings. The van der Waals surface area contributed by atoms with Gasteiger partial charge in [-0.2, -0.15) is 0 Å². The summed E-state index contributed by atoms with van der Waals surface area (Å²) in [5.41, 5.74) is 2.05. The van der Waals surface area contributed by atoms with Crippen molar-refractivity contribution < 1.29 is 0 Å². The molecule has 1 unspecified atom stereocenters. The molecule has 3 rings (SSSR count). The second-order valence-electron chi connectivity index (χ2n) is 3.57. The van der Waals surface area contributed by atoms with Crippen molar-refractivity contribution in [3.63, 3.8) is 0 Å². The summed E-state index contributed by atoms with van der Waals surface area (Å²) in [6.45, 7) is 0. The van der Waals surface area contributed by atoms with Crippen molar-refractivity contribution in [2.45, 2.75) is 5.92 Å². The Bertz CT molecular complexity index is 551. The normalized spacial score (nSPS) is 17.4. The van der Waals surface area contributed by atoms with Gasteiger partial charge in [-0.3, -0.25) is 0 Å². The predicted molar refractivity (Wildman–Crippen MR) is 63.5 cm³/mol. The molecule has 0 bridgehead atoms. The van der Waals surface area contributed by atoms with E-state index in [1.54, 1.807) is 0 Å². The van der Waals surface area contributed by atoms with Gasteiger partial charge < -0.3 is 0 Å². The molecule has 0 amide bonds. The van der Waals surface area contributed by atoms with Crippen LogP contribution in [-0.4, -0.2) is 16.2 Å². The molecule has 0 fully saturated rings. The largest absolute Gasteiger partial charge is 0.240 e. The molecule has 4 heteroatoms. The maximum Gasteiger partial charge on any atom is 0.160 e. The Balaban J connectivity index is 2.13. The zero-order chi connectivity index (χ0) is 11.0. The minimum absolute atomic E-state index is 0.0740. The number of halogens is 1. The molecule has 1 aliphatic rings. The summed E-state index contributed by atoms with van der Waals surface area (Å²) in [4.78, 5) is 12.4. The zero-order valence-corrected chi connectivity index (χ0v) is 9.09. The number of hydrogen-bond donors (Lipinski definition) is 0. The Hall–Kier alpha value is -1.74. The lowest BCUT2D eigenvalue weighted by molar-refractivity contribution is 1.06. The molecule has 1 aromatic heterocycles. The smallest absolute Gasteiger partial charge is 0.160 e. The van der Waals surface area contributed by atoms with Gasteiger partial charge in [0.05, 0.1) is 5.92 Å². The van der Waals surface area contributed by atoms with Crippen LogP contribution >= 0.6 is 11.6 Å². The van der Waals surface area contributed by atoms with E-state index in [1.807, 2.05) is 24.4 Å². The molecule has 3 nitrogen and oxygen atoms in total. The molecule has 1 aromatic carbocycles. The number of rotatable bonds is 1. The molecule has 0 saturated heterocycles. The third-order valence-corrected chi connectivity index (χ3v) is 2.93. The fourth-order valence-electron chi connectivity index (χ4n) is 1.87. The molecule has 0 radical (unpaired) electrons. The van der Waals surface area contributed by atoms with Crippen molar-refractivity contribution in [1.29, 1.82) is 0 Å². The van der Waals surface area contributed by atoms with Crippen LogP contribution in [0.4, 0.5) is 5.82 Å². The SMILES string of the molecule is Clc1ncnc2c1C(c1ccccc1)C=N2. The molecule has 2 heterocycles. The Morgan fingerprint density at radius 1 is 1.06 bits per heavy atom. The van der Waals surface area contributed by atoms with Crippen molar-refractivity contribution in [2.24, 2.45) is 4.99 Å². The van der Waals surface area contributed by atoms with Crippen molar-refractivity contribution in [1.82, 2.24) is 9.97 Å². The quantitative estimate of drug-likeness (QED) is 0.705. The first kappa shape index (κ1) is 9.48. The van der Waals surface area contributed by atoms with Gasteiger partial charge in [0.15, 0.2) is 5.82 Å². The van der Waals surface area contributed by atoms with Crippen LogP contribution in [0.5, 0.6) is 0 Å². The highest BCUT2D eigenvalue weighted by Gasteiger charge is 2.24. The highest BCUT2D eigenvalue weighted by Crippen LogP contribution is 2.37. The number of fused-ring (bicyclic) bond motifs is 1. The van der Waals surface area contributed by atoms with Gasteiger partial charge in [-0.05, 0) is 5.56 Å². The topological polar surface area (TPSA) is 38.1 Å². The molecule has 0 aliphatic carbocycles. The van der Waals surface area contributed by atoms with E-state index in [4.69, 9.17) is 11.6 Å². The molecule has 1 aliphatic heterocycles. The molecule has 1 atom stereocenters. The van der Waals surface area contributed by atoms with Gasteiger partial charge in [-0.1, -0.05) is 41.9 Å². The lowest BCUT2D eigenvalue weighted by Crippen LogP contribution is -2.00. The van der Waals surface area contributed by atoms with E-state index in [1.165, 1.54) is 6.33 Å². The number of aliphatic imine (C=N–C) groups is 1. The van der Waals surface area contributed by atoms with E-state index in [2.05, 4.69) is 27.1 Å². The summed E-state index contributed by atoms with van der Waals surface area (Å²) in [7, 11) is 0. The fourth-order valence-corrected chi connectivity index (χ4v) is 2.11. The van der Waals surface area contributed by atoms with E-state index < -0.39 is 0 Å². The lowest BCUT2D eigenvalue weighted by atomic mass is 9.95. The minimum Gasteiger partial charge on any atom is -0.240 e. The molecule has 78 valence electrons. The molecular formula is C12H8ClN3. The van der Waals surface area contributed by atoms with Crippen LogP contribution in [0.2, 0.25) is 5.15 Å². The zero-order valence-electron chi connectivity index (χ0n) is 8.34. The van der Waals surface area contributed by atoms with Gasteiger partial charge in [0.25, 0.3) is 0 Å². The van der Waals surface area contributed by atoms with Crippen LogP contribution in [0.25, 0.3) is 0 Å². The summed E-state index contributed by atoms with van der Waals surface area (Å²) < 4.78 is 0. The van der Waals surface area contributed by atoms with Crippen molar-refractivity contribution >= 4 is 23.6 Å². The Morgan fingerprint density at radius 2 is 1.88 bits per heavy atom. The van der Waals surface area contributed by atoms with Gasteiger partial charge in [-0.25, -0.2) is 15.0 Å². The maximum absolute atomic E-state index is 6.08. The number of aromatic nitrogens is 2. The van der Waals surface area contributed by atoms with Gasteiger partial charge in [0.2, 0.25) is 0 Å². The van der Waals surface area contributed by atoms with Crippen LogP contribution < -0.4 is 0 Å². The van der Waals surface area contributed by atoms with Crippen LogP contribution in [0.15, 0.2) is 41.7 Å². The summed E-state index contributed by atoms with van der Waals surface area (Å²) >= 11 is 6.08. The van der Waals surface area contributed by atoms with Crippen molar-refractivity contribution in [2.75, 3.05) is 0 Å². The first-order valence-electron chi connectivity index (χ1n) is 4.96. The Morgan fingerprint density at radius 3 is 2.69 bits per heavy atom. The minimum atomic E-state index is 0.0740. The maximum atomic E-state index is 6.08. The predicted octanol–water partition coefficient (Wildman–Crippen LogP) is 2.98. The molecule has 0 spiro atoms. The third-order valence-electron chi connectivity index (χ3n) is 2.63. The fraction of sp³-hybridized carbons (Fsp3) is 0.0833. The second-order valence-corrected chi connectivity index (χ2v) is 3.93. The summed E-state index contributed by atoms with van der Waals surface area (Å²) in [6.07, 6.45) is 3.30.